The van der Waals surface area contributed by atoms with Crippen LogP contribution < -0.4 is 16.8 Å². The Labute approximate surface area is 130 Å². The number of hydrogen-bond donors (Lipinski definition) is 2. The van der Waals surface area contributed by atoms with Crippen molar-refractivity contribution in [3.63, 3.8) is 0 Å². The predicted molar refractivity (Wildman–Crippen MR) is 82.5 cm³/mol. The minimum atomic E-state index is -0.279. The van der Waals surface area contributed by atoms with Gasteiger partial charge in [-0.3, -0.25) is 19.6 Å². The molecule has 0 spiro atoms. The summed E-state index contributed by atoms with van der Waals surface area (Å²) in [5.74, 6) is 5.45. The van der Waals surface area contributed by atoms with Gasteiger partial charge in [-0.05, 0) is 34.0 Å². The lowest BCUT2D eigenvalue weighted by atomic mass is 10.0. The maximum absolute atomic E-state index is 12.2. The van der Waals surface area contributed by atoms with Crippen LogP contribution in [0.25, 0.3) is 0 Å². The summed E-state index contributed by atoms with van der Waals surface area (Å²) < 4.78 is 1.97. The maximum atomic E-state index is 12.2. The molecule has 0 saturated heterocycles. The maximum Gasteiger partial charge on any atom is 0.268 e. The number of hydrogen-bond acceptors (Lipinski definition) is 4. The van der Waals surface area contributed by atoms with Gasteiger partial charge in [0, 0.05) is 6.20 Å². The number of rotatable bonds is 4. The van der Waals surface area contributed by atoms with Gasteiger partial charge in [0.15, 0.2) is 0 Å². The molecule has 0 fully saturated rings. The predicted octanol–water partition coefficient (Wildman–Crippen LogP) is 0.895. The molecule has 21 heavy (non-hydrogen) atoms. The number of nitrogens with two attached hydrogens (primary N) is 1. The minimum Gasteiger partial charge on any atom is -0.294 e. The number of nitrogens with one attached hydrogen (secondary N) is 1. The van der Waals surface area contributed by atoms with E-state index in [0.29, 0.717) is 16.8 Å². The molecule has 0 bridgehead atoms. The van der Waals surface area contributed by atoms with Crippen molar-refractivity contribution in [2.75, 3.05) is 0 Å². The zero-order valence-electron chi connectivity index (χ0n) is 11.5. The Morgan fingerprint density at radius 3 is 2.71 bits per heavy atom. The number of aromatic nitrogens is 2. The van der Waals surface area contributed by atoms with E-state index in [1.807, 2.05) is 24.3 Å². The van der Waals surface area contributed by atoms with E-state index in [9.17, 15) is 9.59 Å². The standard InChI is InChI=1S/C14H15BrN4O2/c1-9-17-7-12(15)14(21)19(9)8-11-5-3-2-4-10(11)6-13(20)18-16/h2-5,7H,6,8,16H2,1H3,(H,18,20). The van der Waals surface area contributed by atoms with E-state index in [2.05, 4.69) is 26.3 Å². The second kappa shape index (κ2) is 6.64. The molecule has 0 aliphatic heterocycles. The van der Waals surface area contributed by atoms with Gasteiger partial charge in [0.1, 0.15) is 10.3 Å². The highest BCUT2D eigenvalue weighted by atomic mass is 79.9. The van der Waals surface area contributed by atoms with Crippen molar-refractivity contribution in [2.45, 2.75) is 19.9 Å². The Kier molecular flexibility index (Phi) is 4.87. The first-order chi connectivity index (χ1) is 10.0. The molecule has 110 valence electrons. The summed E-state index contributed by atoms with van der Waals surface area (Å²) >= 11 is 3.19. The third-order valence-corrected chi connectivity index (χ3v) is 3.71. The van der Waals surface area contributed by atoms with Crippen LogP contribution in [0.5, 0.6) is 0 Å². The van der Waals surface area contributed by atoms with Crippen LogP contribution in [-0.2, 0) is 17.8 Å². The number of benzene rings is 1. The largest absolute Gasteiger partial charge is 0.294 e. The van der Waals surface area contributed by atoms with Gasteiger partial charge in [0.05, 0.1) is 13.0 Å². The molecule has 1 heterocycles. The summed E-state index contributed by atoms with van der Waals surface area (Å²) in [6, 6.07) is 7.44. The van der Waals surface area contributed by atoms with Gasteiger partial charge in [0.2, 0.25) is 5.91 Å². The molecule has 6 nitrogen and oxygen atoms in total. The second-order valence-corrected chi connectivity index (χ2v) is 5.41. The number of carbonyl (C=O) groups is 1. The van der Waals surface area contributed by atoms with Gasteiger partial charge in [0.25, 0.3) is 5.56 Å². The van der Waals surface area contributed by atoms with Crippen LogP contribution in [0.1, 0.15) is 17.0 Å². The van der Waals surface area contributed by atoms with Crippen LogP contribution in [0.15, 0.2) is 39.7 Å². The lowest BCUT2D eigenvalue weighted by molar-refractivity contribution is -0.120. The van der Waals surface area contributed by atoms with Crippen LogP contribution >= 0.6 is 15.9 Å². The van der Waals surface area contributed by atoms with E-state index in [0.717, 1.165) is 11.1 Å². The number of nitrogens with zero attached hydrogens (tertiary/aromatic N) is 2. The Bertz CT molecular complexity index is 727. The van der Waals surface area contributed by atoms with Crippen molar-refractivity contribution in [3.8, 4) is 0 Å². The first kappa shape index (κ1) is 15.4. The zero-order valence-corrected chi connectivity index (χ0v) is 13.1. The second-order valence-electron chi connectivity index (χ2n) is 4.56. The lowest BCUT2D eigenvalue weighted by Crippen LogP contribution is -2.32. The summed E-state index contributed by atoms with van der Waals surface area (Å²) in [7, 11) is 0. The molecule has 0 aliphatic carbocycles. The Balaban J connectivity index is 2.39. The molecule has 0 saturated carbocycles. The number of halogens is 1. The van der Waals surface area contributed by atoms with Crippen molar-refractivity contribution < 1.29 is 4.79 Å². The van der Waals surface area contributed by atoms with Crippen LogP contribution in [0.2, 0.25) is 0 Å². The molecule has 0 radical (unpaired) electrons. The van der Waals surface area contributed by atoms with Gasteiger partial charge >= 0.3 is 0 Å². The molecular weight excluding hydrogens is 336 g/mol. The third-order valence-electron chi connectivity index (χ3n) is 3.16. The monoisotopic (exact) mass is 350 g/mol. The first-order valence-corrected chi connectivity index (χ1v) is 7.10. The van der Waals surface area contributed by atoms with Crippen molar-refractivity contribution in [3.05, 3.63) is 62.2 Å². The topological polar surface area (TPSA) is 90.0 Å². The molecular formula is C14H15BrN4O2. The normalized spacial score (nSPS) is 10.4. The van der Waals surface area contributed by atoms with Crippen molar-refractivity contribution >= 4 is 21.8 Å². The Morgan fingerprint density at radius 1 is 1.38 bits per heavy atom. The van der Waals surface area contributed by atoms with Gasteiger partial charge in [-0.25, -0.2) is 10.8 Å². The average Bonchev–Trinajstić information content (AvgIpc) is 2.49. The quantitative estimate of drug-likeness (QED) is 0.486. The van der Waals surface area contributed by atoms with E-state index < -0.39 is 0 Å². The van der Waals surface area contributed by atoms with Crippen molar-refractivity contribution in [1.82, 2.24) is 15.0 Å². The highest BCUT2D eigenvalue weighted by Crippen LogP contribution is 2.12. The van der Waals surface area contributed by atoms with Crippen molar-refractivity contribution in [2.24, 2.45) is 5.84 Å². The van der Waals surface area contributed by atoms with Gasteiger partial charge in [-0.15, -0.1) is 0 Å². The highest BCUT2D eigenvalue weighted by Gasteiger charge is 2.10. The van der Waals surface area contributed by atoms with E-state index in [-0.39, 0.29) is 17.9 Å². The first-order valence-electron chi connectivity index (χ1n) is 6.31. The number of aryl methyl sites for hydroxylation is 1. The molecule has 2 rings (SSSR count). The van der Waals surface area contributed by atoms with E-state index in [4.69, 9.17) is 5.84 Å². The van der Waals surface area contributed by atoms with Gasteiger partial charge < -0.3 is 0 Å². The van der Waals surface area contributed by atoms with Gasteiger partial charge in [-0.2, -0.15) is 0 Å². The summed E-state index contributed by atoms with van der Waals surface area (Å²) in [5.41, 5.74) is 3.66. The fraction of sp³-hybridized carbons (Fsp3) is 0.214. The molecule has 0 atom stereocenters. The fourth-order valence-corrected chi connectivity index (χ4v) is 2.33. The van der Waals surface area contributed by atoms with Crippen molar-refractivity contribution in [1.29, 1.82) is 0 Å². The van der Waals surface area contributed by atoms with E-state index in [1.165, 1.54) is 6.20 Å². The summed E-state index contributed by atoms with van der Waals surface area (Å²) in [5, 5.41) is 0. The summed E-state index contributed by atoms with van der Waals surface area (Å²) in [6.45, 7) is 2.12. The summed E-state index contributed by atoms with van der Waals surface area (Å²) in [6.07, 6.45) is 1.66. The Hall–Kier alpha value is -1.99. The van der Waals surface area contributed by atoms with E-state index in [1.54, 1.807) is 11.5 Å². The smallest absolute Gasteiger partial charge is 0.268 e. The fourth-order valence-electron chi connectivity index (χ4n) is 2.02. The number of carbonyl (C=O) groups excluding carboxylic acids is 1. The molecule has 1 aromatic heterocycles. The Morgan fingerprint density at radius 2 is 2.05 bits per heavy atom. The number of amides is 1. The van der Waals surface area contributed by atoms with Crippen LogP contribution in [0.4, 0.5) is 0 Å². The minimum absolute atomic E-state index is 0.152. The van der Waals surface area contributed by atoms with Crippen LogP contribution in [0, 0.1) is 6.92 Å². The zero-order chi connectivity index (χ0) is 15.4. The molecule has 3 N–H and O–H groups in total. The lowest BCUT2D eigenvalue weighted by Gasteiger charge is -2.13. The molecule has 0 aliphatic rings. The molecule has 7 heteroatoms. The molecule has 1 amide bonds. The van der Waals surface area contributed by atoms with Crippen LogP contribution in [-0.4, -0.2) is 15.5 Å². The third kappa shape index (κ3) is 3.56. The molecule has 0 unspecified atom stereocenters. The van der Waals surface area contributed by atoms with Gasteiger partial charge in [-0.1, -0.05) is 24.3 Å². The average molecular weight is 351 g/mol. The van der Waals surface area contributed by atoms with Crippen LogP contribution in [0.3, 0.4) is 0 Å². The molecule has 1 aromatic carbocycles. The summed E-state index contributed by atoms with van der Waals surface area (Å²) in [4.78, 5) is 27.8. The molecule has 2 aromatic rings. The number of hydrazine groups is 1. The SMILES string of the molecule is Cc1ncc(Br)c(=O)n1Cc1ccccc1CC(=O)NN. The highest BCUT2D eigenvalue weighted by molar-refractivity contribution is 9.10. The van der Waals surface area contributed by atoms with E-state index >= 15 is 0 Å².